The summed E-state index contributed by atoms with van der Waals surface area (Å²) < 4.78 is 26.9. The fourth-order valence-electron chi connectivity index (χ4n) is 5.96. The van der Waals surface area contributed by atoms with Crippen LogP contribution in [-0.4, -0.2) is 109 Å². The van der Waals surface area contributed by atoms with Crippen molar-refractivity contribution in [2.45, 2.75) is 58.5 Å². The molecule has 0 atom stereocenters. The molecule has 284 valence electrons. The Kier molecular flexibility index (Phi) is 11.4. The zero-order chi connectivity index (χ0) is 37.8. The molecule has 15 heteroatoms. The SMILES string of the molecule is COc1cc(OC)cc(N(Cc2nccn2COCCS(C)(C)C)c2ccc3ncc(-c4cnn(C5CCN(C(=O)OC(C)(C)C)CC5)c4)nc3n2)c1. The number of benzene rings is 1. The number of aromatic nitrogens is 7. The first-order chi connectivity index (χ1) is 25.3. The molecule has 6 rings (SSSR count). The predicted octanol–water partition coefficient (Wildman–Crippen LogP) is 6.68. The summed E-state index contributed by atoms with van der Waals surface area (Å²) in [5.41, 5.74) is 2.95. The van der Waals surface area contributed by atoms with E-state index in [9.17, 15) is 4.79 Å². The zero-order valence-corrected chi connectivity index (χ0v) is 32.8. The summed E-state index contributed by atoms with van der Waals surface area (Å²) in [6, 6.07) is 9.73. The van der Waals surface area contributed by atoms with Crippen LogP contribution in [0.5, 0.6) is 11.5 Å². The fraction of sp³-hybridized carbons (Fsp3) is 0.474. The van der Waals surface area contributed by atoms with Crippen LogP contribution in [0.3, 0.4) is 0 Å². The molecule has 1 saturated heterocycles. The molecule has 0 N–H and O–H groups in total. The Labute approximate surface area is 312 Å². The highest BCUT2D eigenvalue weighted by Gasteiger charge is 2.28. The van der Waals surface area contributed by atoms with E-state index in [-0.39, 0.29) is 12.1 Å². The Morgan fingerprint density at radius 1 is 0.981 bits per heavy atom. The average molecular weight is 746 g/mol. The van der Waals surface area contributed by atoms with Crippen LogP contribution in [-0.2, 0) is 22.7 Å². The number of pyridine rings is 1. The summed E-state index contributed by atoms with van der Waals surface area (Å²) in [4.78, 5) is 35.8. The van der Waals surface area contributed by atoms with E-state index in [1.807, 2.05) is 72.7 Å². The molecule has 1 fully saturated rings. The molecule has 0 saturated carbocycles. The van der Waals surface area contributed by atoms with Crippen molar-refractivity contribution >= 4 is 38.8 Å². The molecular formula is C38H51N9O5S. The maximum Gasteiger partial charge on any atom is 0.410 e. The monoisotopic (exact) mass is 745 g/mol. The van der Waals surface area contributed by atoms with Crippen molar-refractivity contribution in [3.8, 4) is 22.8 Å². The number of piperidine rings is 1. The van der Waals surface area contributed by atoms with Gasteiger partial charge in [0.1, 0.15) is 41.0 Å². The molecular weight excluding hydrogens is 695 g/mol. The number of likely N-dealkylation sites (tertiary alicyclic amines) is 1. The van der Waals surface area contributed by atoms with Crippen molar-refractivity contribution in [3.63, 3.8) is 0 Å². The maximum absolute atomic E-state index is 12.6. The Morgan fingerprint density at radius 2 is 1.72 bits per heavy atom. The van der Waals surface area contributed by atoms with Crippen molar-refractivity contribution in [2.75, 3.05) is 63.3 Å². The first kappa shape index (κ1) is 37.9. The molecule has 4 aromatic heterocycles. The zero-order valence-electron chi connectivity index (χ0n) is 32.0. The van der Waals surface area contributed by atoms with Gasteiger partial charge in [0.2, 0.25) is 0 Å². The number of hydrogen-bond donors (Lipinski definition) is 0. The number of imidazole rings is 1. The Morgan fingerprint density at radius 3 is 2.40 bits per heavy atom. The van der Waals surface area contributed by atoms with Crippen molar-refractivity contribution < 1.29 is 23.7 Å². The van der Waals surface area contributed by atoms with Gasteiger partial charge in [-0.25, -0.2) is 29.8 Å². The maximum atomic E-state index is 12.6. The van der Waals surface area contributed by atoms with E-state index in [1.165, 1.54) is 0 Å². The number of nitrogens with zero attached hydrogens (tertiary/aromatic N) is 9. The second kappa shape index (κ2) is 16.0. The van der Waals surface area contributed by atoms with Crippen LogP contribution in [0.2, 0.25) is 0 Å². The first-order valence-corrected chi connectivity index (χ1v) is 20.7. The van der Waals surface area contributed by atoms with Crippen LogP contribution >= 0.6 is 10.0 Å². The van der Waals surface area contributed by atoms with Gasteiger partial charge in [-0.05, 0) is 64.5 Å². The number of carbonyl (C=O) groups excluding carboxylic acids is 1. The number of ether oxygens (including phenoxy) is 4. The summed E-state index contributed by atoms with van der Waals surface area (Å²) >= 11 is 0. The minimum Gasteiger partial charge on any atom is -0.497 e. The molecule has 53 heavy (non-hydrogen) atoms. The van der Waals surface area contributed by atoms with E-state index in [0.717, 1.165) is 35.7 Å². The predicted molar refractivity (Wildman–Crippen MR) is 208 cm³/mol. The van der Waals surface area contributed by atoms with E-state index in [2.05, 4.69) is 28.8 Å². The highest BCUT2D eigenvalue weighted by Crippen LogP contribution is 2.35. The van der Waals surface area contributed by atoms with Crippen molar-refractivity contribution in [3.05, 3.63) is 67.1 Å². The molecule has 5 heterocycles. The lowest BCUT2D eigenvalue weighted by Gasteiger charge is -2.33. The molecule has 0 unspecified atom stereocenters. The van der Waals surface area contributed by atoms with Crippen LogP contribution in [0.25, 0.3) is 22.4 Å². The van der Waals surface area contributed by atoms with Crippen molar-refractivity contribution in [2.24, 2.45) is 0 Å². The topological polar surface area (TPSA) is 135 Å². The van der Waals surface area contributed by atoms with E-state index >= 15 is 0 Å². The molecule has 1 aromatic carbocycles. The van der Waals surface area contributed by atoms with Gasteiger partial charge in [-0.2, -0.15) is 5.10 Å². The third-order valence-corrected chi connectivity index (χ3v) is 10.3. The van der Waals surface area contributed by atoms with Gasteiger partial charge in [-0.15, -0.1) is 0 Å². The third kappa shape index (κ3) is 9.76. The van der Waals surface area contributed by atoms with Crippen LogP contribution in [0.15, 0.2) is 61.3 Å². The van der Waals surface area contributed by atoms with E-state index < -0.39 is 15.6 Å². The Bertz CT molecular complexity index is 1990. The average Bonchev–Trinajstić information content (AvgIpc) is 3.81. The smallest absolute Gasteiger partial charge is 0.410 e. The van der Waals surface area contributed by atoms with Crippen molar-refractivity contribution in [1.82, 2.24) is 39.2 Å². The van der Waals surface area contributed by atoms with Gasteiger partial charge in [0, 0.05) is 61.2 Å². The minimum absolute atomic E-state index is 0.159. The highest BCUT2D eigenvalue weighted by molar-refractivity contribution is 8.32. The van der Waals surface area contributed by atoms with Crippen LogP contribution in [0.4, 0.5) is 16.3 Å². The summed E-state index contributed by atoms with van der Waals surface area (Å²) in [5, 5.41) is 4.68. The lowest BCUT2D eigenvalue weighted by Crippen LogP contribution is -2.42. The minimum atomic E-state index is -0.653. The van der Waals surface area contributed by atoms with E-state index in [1.54, 1.807) is 37.7 Å². The molecule has 14 nitrogen and oxygen atoms in total. The number of amides is 1. The van der Waals surface area contributed by atoms with E-state index in [4.69, 9.17) is 38.9 Å². The second-order valence-electron chi connectivity index (χ2n) is 15.0. The third-order valence-electron chi connectivity index (χ3n) is 8.88. The van der Waals surface area contributed by atoms with Gasteiger partial charge in [0.05, 0.1) is 57.2 Å². The van der Waals surface area contributed by atoms with Gasteiger partial charge < -0.3 is 33.3 Å². The van der Waals surface area contributed by atoms with Crippen LogP contribution in [0, 0.1) is 0 Å². The van der Waals surface area contributed by atoms with Gasteiger partial charge in [-0.1, -0.05) is 0 Å². The molecule has 0 bridgehead atoms. The fourth-order valence-corrected chi connectivity index (χ4v) is 6.58. The second-order valence-corrected chi connectivity index (χ2v) is 19.6. The largest absolute Gasteiger partial charge is 0.497 e. The summed E-state index contributed by atoms with van der Waals surface area (Å²) in [6.45, 7) is 8.34. The molecule has 5 aromatic rings. The molecule has 0 aliphatic carbocycles. The molecule has 1 amide bonds. The quantitative estimate of drug-likeness (QED) is 0.120. The number of fused-ring (bicyclic) bond motifs is 1. The molecule has 1 aliphatic heterocycles. The molecule has 0 spiro atoms. The van der Waals surface area contributed by atoms with Crippen LogP contribution in [0.1, 0.15) is 45.5 Å². The first-order valence-electron chi connectivity index (χ1n) is 17.7. The van der Waals surface area contributed by atoms with Crippen LogP contribution < -0.4 is 14.4 Å². The lowest BCUT2D eigenvalue weighted by molar-refractivity contribution is 0.0184. The number of anilines is 2. The Balaban J connectivity index is 1.25. The van der Waals surface area contributed by atoms with E-state index in [0.29, 0.717) is 67.1 Å². The van der Waals surface area contributed by atoms with Gasteiger partial charge in [0.25, 0.3) is 0 Å². The highest BCUT2D eigenvalue weighted by atomic mass is 32.3. The number of carbonyl (C=O) groups is 1. The van der Waals surface area contributed by atoms with Gasteiger partial charge in [-0.3, -0.25) is 9.67 Å². The van der Waals surface area contributed by atoms with Gasteiger partial charge >= 0.3 is 6.09 Å². The number of hydrogen-bond acceptors (Lipinski definition) is 11. The number of rotatable bonds is 13. The lowest BCUT2D eigenvalue weighted by atomic mass is 10.1. The Hall–Kier alpha value is -4.89. The standard InChI is InChI=1S/C38H51N9O5S/c1-38(2,3)52-37(48)44-14-11-28(12-15-44)47-24-27(22-41-47)33-23-40-32-9-10-34(43-36(32)42-33)46(29-19-30(49-4)21-31(20-29)50-5)25-35-39-13-16-45(35)26-51-17-18-53(6,7)8/h9-10,13,16,19-24,28H,11-12,14-15,17-18,25-26H2,1-8H3. The molecule has 1 aliphatic rings. The summed E-state index contributed by atoms with van der Waals surface area (Å²) in [7, 11) is 2.61. The van der Waals surface area contributed by atoms with Gasteiger partial charge in [0.15, 0.2) is 5.65 Å². The number of methoxy groups -OCH3 is 2. The molecule has 0 radical (unpaired) electrons. The summed E-state index contributed by atoms with van der Waals surface area (Å²) in [5.74, 6) is 3.79. The normalized spacial score (nSPS) is 14.4. The summed E-state index contributed by atoms with van der Waals surface area (Å²) in [6.07, 6.45) is 17.4. The van der Waals surface area contributed by atoms with Crippen molar-refractivity contribution in [1.29, 1.82) is 0 Å².